The first kappa shape index (κ1) is 83.4. The number of aromatic nitrogens is 12. The summed E-state index contributed by atoms with van der Waals surface area (Å²) in [5.41, 5.74) is 35.3. The molecule has 15 heteroatoms. The van der Waals surface area contributed by atoms with E-state index in [0.717, 1.165) is 208 Å². The van der Waals surface area contributed by atoms with Crippen molar-refractivity contribution in [1.82, 2.24) is 59.8 Å². The molecule has 141 heavy (non-hydrogen) atoms. The molecule has 0 N–H and O–H groups in total. The van der Waals surface area contributed by atoms with Gasteiger partial charge in [-0.1, -0.05) is 358 Å². The van der Waals surface area contributed by atoms with Crippen LogP contribution in [-0.4, -0.2) is 59.8 Å². The molecular formula is C126H81N15. The molecule has 0 saturated heterocycles. The lowest BCUT2D eigenvalue weighted by Gasteiger charge is -2.33. The minimum Gasteiger partial charge on any atom is -0.309 e. The molecule has 0 aliphatic carbocycles. The second-order valence-corrected chi connectivity index (χ2v) is 34.7. The maximum atomic E-state index is 5.16. The van der Waals surface area contributed by atoms with Gasteiger partial charge in [0.15, 0.2) is 23.3 Å². The molecule has 0 radical (unpaired) electrons. The fraction of sp³-hybridized carbons (Fsp3) is 0. The third-order valence-electron chi connectivity index (χ3n) is 26.0. The Kier molecular flexibility index (Phi) is 21.6. The third-order valence-corrected chi connectivity index (χ3v) is 26.0. The Morgan fingerprint density at radius 1 is 0.170 bits per heavy atom. The lowest BCUT2D eigenvalue weighted by Crippen LogP contribution is -2.17. The summed E-state index contributed by atoms with van der Waals surface area (Å²) in [6, 6.07) is 161. The first-order valence-corrected chi connectivity index (χ1v) is 46.9. The number of fused-ring (bicyclic) bond motifs is 6. The highest BCUT2D eigenvalue weighted by atomic mass is 15.2. The van der Waals surface area contributed by atoms with Crippen LogP contribution in [0.4, 0.5) is 51.3 Å². The zero-order valence-electron chi connectivity index (χ0n) is 76.0. The van der Waals surface area contributed by atoms with Crippen molar-refractivity contribution in [2.45, 2.75) is 0 Å². The van der Waals surface area contributed by atoms with E-state index < -0.39 is 0 Å². The number of anilines is 9. The molecule has 0 atom stereocenters. The molecule has 0 unspecified atom stereocenters. The van der Waals surface area contributed by atoms with Crippen molar-refractivity contribution in [3.05, 3.63) is 492 Å². The van der Waals surface area contributed by atoms with Crippen molar-refractivity contribution >= 4 is 83.8 Å². The van der Waals surface area contributed by atoms with Crippen LogP contribution in [0.15, 0.2) is 492 Å². The highest BCUT2D eigenvalue weighted by Gasteiger charge is 2.33. The lowest BCUT2D eigenvalue weighted by molar-refractivity contribution is 1.11. The van der Waals surface area contributed by atoms with E-state index in [1.807, 2.05) is 152 Å². The lowest BCUT2D eigenvalue weighted by atomic mass is 9.90. The van der Waals surface area contributed by atoms with E-state index in [9.17, 15) is 0 Å². The van der Waals surface area contributed by atoms with Crippen LogP contribution >= 0.6 is 0 Å². The zero-order valence-corrected chi connectivity index (χ0v) is 76.0. The van der Waals surface area contributed by atoms with E-state index in [-0.39, 0.29) is 0 Å². The predicted molar refractivity (Wildman–Crippen MR) is 572 cm³/mol. The smallest absolute Gasteiger partial charge is 0.160 e. The van der Waals surface area contributed by atoms with Crippen molar-refractivity contribution in [2.24, 2.45) is 0 Å². The molecule has 0 spiro atoms. The van der Waals surface area contributed by atoms with E-state index in [4.69, 9.17) is 49.8 Å². The molecule has 3 aliphatic heterocycles. The Hall–Kier alpha value is -19.4. The summed E-state index contributed by atoms with van der Waals surface area (Å²) < 4.78 is 0. The monoisotopic (exact) mass is 1800 g/mol. The molecule has 15 nitrogen and oxygen atoms in total. The van der Waals surface area contributed by atoms with Gasteiger partial charge in [0.1, 0.15) is 18.5 Å². The Morgan fingerprint density at radius 2 is 0.504 bits per heavy atom. The average molecular weight is 1810 g/mol. The summed E-state index contributed by atoms with van der Waals surface area (Å²) in [5.74, 6) is 3.59. The van der Waals surface area contributed by atoms with Crippen molar-refractivity contribution < 1.29 is 0 Å². The van der Waals surface area contributed by atoms with Crippen molar-refractivity contribution in [3.63, 3.8) is 0 Å². The van der Waals surface area contributed by atoms with E-state index >= 15 is 0 Å². The quantitative estimate of drug-likeness (QED) is 0.0951. The normalized spacial score (nSPS) is 11.8. The van der Waals surface area contributed by atoms with Crippen LogP contribution in [0.25, 0.3) is 201 Å². The van der Waals surface area contributed by atoms with Crippen LogP contribution in [0.2, 0.25) is 0 Å². The second kappa shape index (κ2) is 36.4. The number of rotatable bonds is 15. The molecular weight excluding hydrogens is 1720 g/mol. The summed E-state index contributed by atoms with van der Waals surface area (Å²) in [5, 5.41) is 5.71. The maximum absolute atomic E-state index is 5.16. The fourth-order valence-electron chi connectivity index (χ4n) is 19.5. The highest BCUT2D eigenvalue weighted by Crippen LogP contribution is 2.56. The number of hydrogen-bond acceptors (Lipinski definition) is 15. The van der Waals surface area contributed by atoms with Gasteiger partial charge in [-0.3, -0.25) is 4.90 Å². The molecule has 24 aromatic rings. The summed E-state index contributed by atoms with van der Waals surface area (Å²) in [4.78, 5) is 66.1. The van der Waals surface area contributed by atoms with E-state index in [2.05, 4.69) is 352 Å². The predicted octanol–water partition coefficient (Wildman–Crippen LogP) is 31.6. The Bertz CT molecular complexity index is 7870. The minimum atomic E-state index is 0.665. The fourth-order valence-corrected chi connectivity index (χ4v) is 19.5. The van der Waals surface area contributed by atoms with Gasteiger partial charge >= 0.3 is 0 Å². The zero-order chi connectivity index (χ0) is 93.5. The molecule has 6 aromatic heterocycles. The van der Waals surface area contributed by atoms with Crippen LogP contribution in [0.3, 0.4) is 0 Å². The third kappa shape index (κ3) is 16.0. The van der Waals surface area contributed by atoms with Crippen molar-refractivity contribution in [1.29, 1.82) is 0 Å². The molecule has 0 amide bonds. The van der Waals surface area contributed by atoms with Crippen LogP contribution in [0.1, 0.15) is 0 Å². The SMILES string of the molecule is c1ccc(-c2cc(-c3cccc(N4c5ccccc5-c5nc(-c6ccccc6)nc6cccc4c56)c3)nc(-c3ccccc3)n2)cc1.c1ccc(-c2cc3c4c(cccc4c2)N(c2cccc(-c4nc(-c5ccccc5)cc(-c5ccccc5)n4)c2)c2cncnc2-3)cc1.c1ccc(-c2cc3c4c(cccc4c2)N(c2cccc(-c4nc(-c5ccccc5)cc(-c5ccccc5)n4)c2)c2ncncc2-3)cc1. The topological polar surface area (TPSA) is 164 Å². The average Bonchev–Trinajstić information content (AvgIpc) is 0.728. The first-order chi connectivity index (χ1) is 69.9. The molecule has 0 saturated carbocycles. The van der Waals surface area contributed by atoms with Crippen molar-refractivity contribution in [3.8, 4) is 169 Å². The van der Waals surface area contributed by atoms with Gasteiger partial charge in [-0.15, -0.1) is 0 Å². The summed E-state index contributed by atoms with van der Waals surface area (Å²) in [7, 11) is 0. The van der Waals surface area contributed by atoms with Gasteiger partial charge < -0.3 is 9.80 Å². The molecule has 0 fully saturated rings. The Morgan fingerprint density at radius 3 is 0.986 bits per heavy atom. The molecule has 3 aliphatic rings. The second-order valence-electron chi connectivity index (χ2n) is 34.7. The van der Waals surface area contributed by atoms with Crippen LogP contribution in [0, 0.1) is 0 Å². The first-order valence-electron chi connectivity index (χ1n) is 46.9. The largest absolute Gasteiger partial charge is 0.309 e. The van der Waals surface area contributed by atoms with Crippen LogP contribution in [0.5, 0.6) is 0 Å². The standard InChI is InChI=1S/3C42H27N5/c1-4-12-28(13-5-1)33-22-31-18-11-21-39-40(31)35(24-33)36-26-43-27-44-42(36)47(39)34-20-10-19-32(23-34)41-45-37(29-14-6-2-7-15-29)25-38(46-41)30-16-8-3-9-17-30;1-4-12-28(13-5-1)33-22-31-18-11-21-38-40(31)35(24-33)41-39(26-43-27-44-41)47(38)34-20-10-19-32(23-34)42-45-36(29-14-6-2-7-15-29)25-37(46-42)30-16-8-3-9-17-30;1-4-14-28(15-5-1)35-27-36(45-41(44-35)29-16-6-2-7-17-29)31-20-12-21-32(26-31)47-37-24-11-10-22-33(37)40-39-34(23-13-25-38(39)47)43-42(46-40)30-18-8-3-9-19-30/h3*1-27H. The summed E-state index contributed by atoms with van der Waals surface area (Å²) in [6.45, 7) is 0. The number of nitrogens with zero attached hydrogens (tertiary/aromatic N) is 15. The van der Waals surface area contributed by atoms with E-state index in [1.165, 1.54) is 27.5 Å². The van der Waals surface area contributed by atoms with Gasteiger partial charge in [0.25, 0.3) is 0 Å². The molecule has 18 aromatic carbocycles. The highest BCUT2D eigenvalue weighted by molar-refractivity contribution is 6.17. The van der Waals surface area contributed by atoms with Gasteiger partial charge in [0, 0.05) is 106 Å². The van der Waals surface area contributed by atoms with Gasteiger partial charge in [-0.2, -0.15) is 0 Å². The van der Waals surface area contributed by atoms with Crippen LogP contribution < -0.4 is 14.7 Å². The molecule has 0 bridgehead atoms. The number of para-hydroxylation sites is 1. The van der Waals surface area contributed by atoms with Crippen molar-refractivity contribution in [2.75, 3.05) is 14.7 Å². The summed E-state index contributed by atoms with van der Waals surface area (Å²) >= 11 is 0. The van der Waals surface area contributed by atoms with Gasteiger partial charge in [-0.05, 0) is 148 Å². The van der Waals surface area contributed by atoms with Gasteiger partial charge in [-0.25, -0.2) is 59.8 Å². The van der Waals surface area contributed by atoms with E-state index in [1.54, 1.807) is 12.7 Å². The minimum absolute atomic E-state index is 0.665. The molecule has 9 heterocycles. The number of hydrogen-bond donors (Lipinski definition) is 0. The Balaban J connectivity index is 0.000000111. The summed E-state index contributed by atoms with van der Waals surface area (Å²) in [6.07, 6.45) is 7.10. The molecule has 27 rings (SSSR count). The van der Waals surface area contributed by atoms with Crippen LogP contribution in [-0.2, 0) is 0 Å². The molecule has 660 valence electrons. The van der Waals surface area contributed by atoms with E-state index in [0.29, 0.717) is 17.5 Å². The number of benzene rings is 18. The Labute approximate surface area is 814 Å². The van der Waals surface area contributed by atoms with Gasteiger partial charge in [0.2, 0.25) is 0 Å². The maximum Gasteiger partial charge on any atom is 0.160 e. The van der Waals surface area contributed by atoms with Gasteiger partial charge in [0.05, 0.1) is 91.1 Å².